The molecule has 1 saturated heterocycles. The van der Waals surface area contributed by atoms with Crippen molar-refractivity contribution in [1.82, 2.24) is 14.7 Å². The molecule has 6 nitrogen and oxygen atoms in total. The van der Waals surface area contributed by atoms with Gasteiger partial charge in [-0.3, -0.25) is 14.3 Å². The monoisotopic (exact) mass is 348 g/mol. The quantitative estimate of drug-likeness (QED) is 0.856. The van der Waals surface area contributed by atoms with Crippen molar-refractivity contribution in [2.24, 2.45) is 17.6 Å². The fourth-order valence-electron chi connectivity index (χ4n) is 3.68. The molecule has 1 aliphatic rings. The fourth-order valence-corrected chi connectivity index (χ4v) is 3.68. The van der Waals surface area contributed by atoms with E-state index in [1.165, 1.54) is 5.56 Å². The minimum absolute atomic E-state index is 0.105. The van der Waals surface area contributed by atoms with Crippen molar-refractivity contribution in [2.45, 2.75) is 72.9 Å². The van der Waals surface area contributed by atoms with Gasteiger partial charge in [0.05, 0.1) is 11.6 Å². The molecule has 0 aliphatic carbocycles. The summed E-state index contributed by atoms with van der Waals surface area (Å²) >= 11 is 0. The van der Waals surface area contributed by atoms with E-state index in [0.717, 1.165) is 30.8 Å². The summed E-state index contributed by atoms with van der Waals surface area (Å²) in [5.74, 6) is 0.130. The van der Waals surface area contributed by atoms with Crippen LogP contribution >= 0.6 is 0 Å². The molecular formula is C19H32N4O2. The Bertz CT molecular complexity index is 636. The van der Waals surface area contributed by atoms with Crippen LogP contribution in [0, 0.1) is 25.7 Å². The average molecular weight is 348 g/mol. The zero-order valence-corrected chi connectivity index (χ0v) is 16.2. The van der Waals surface area contributed by atoms with Crippen LogP contribution in [-0.2, 0) is 22.6 Å². The lowest BCUT2D eigenvalue weighted by atomic mass is 9.92. The van der Waals surface area contributed by atoms with Gasteiger partial charge in [0, 0.05) is 31.2 Å². The molecule has 1 fully saturated rings. The molecule has 1 aliphatic heterocycles. The summed E-state index contributed by atoms with van der Waals surface area (Å²) in [5, 5.41) is 4.62. The van der Waals surface area contributed by atoms with Crippen LogP contribution in [0.2, 0.25) is 0 Å². The predicted molar refractivity (Wildman–Crippen MR) is 98.0 cm³/mol. The van der Waals surface area contributed by atoms with Crippen molar-refractivity contribution in [3.63, 3.8) is 0 Å². The van der Waals surface area contributed by atoms with Gasteiger partial charge in [-0.05, 0) is 51.5 Å². The van der Waals surface area contributed by atoms with E-state index in [2.05, 4.69) is 25.9 Å². The van der Waals surface area contributed by atoms with Gasteiger partial charge in [-0.15, -0.1) is 0 Å². The fraction of sp³-hybridized carbons (Fsp3) is 0.737. The van der Waals surface area contributed by atoms with Crippen LogP contribution < -0.4 is 5.73 Å². The standard InChI is InChI=1S/C19H32N4O2/c1-12(2)10-23-15(5)17(14(4)21-23)8-9-18(24)22-11-16(19(20)25)7-6-13(22)3/h12-13,16H,6-11H2,1-5H3,(H2,20,25)/t13-,16+/m1/s1. The van der Waals surface area contributed by atoms with Crippen molar-refractivity contribution < 1.29 is 9.59 Å². The zero-order chi connectivity index (χ0) is 18.7. The molecule has 2 amide bonds. The van der Waals surface area contributed by atoms with E-state index in [4.69, 9.17) is 5.73 Å². The number of hydrogen-bond donors (Lipinski definition) is 1. The smallest absolute Gasteiger partial charge is 0.223 e. The molecule has 2 atom stereocenters. The highest BCUT2D eigenvalue weighted by atomic mass is 16.2. The Balaban J connectivity index is 2.02. The number of aromatic nitrogens is 2. The number of primary amides is 1. The van der Waals surface area contributed by atoms with Crippen molar-refractivity contribution in [2.75, 3.05) is 6.54 Å². The number of carbonyl (C=O) groups excluding carboxylic acids is 2. The van der Waals surface area contributed by atoms with Gasteiger partial charge in [0.2, 0.25) is 11.8 Å². The number of aryl methyl sites for hydroxylation is 1. The first-order chi connectivity index (χ1) is 11.7. The Labute approximate surface area is 150 Å². The minimum Gasteiger partial charge on any atom is -0.369 e. The van der Waals surface area contributed by atoms with Gasteiger partial charge in [-0.25, -0.2) is 0 Å². The van der Waals surface area contributed by atoms with Crippen LogP contribution in [0.25, 0.3) is 0 Å². The number of rotatable bonds is 6. The molecule has 2 N–H and O–H groups in total. The number of carbonyl (C=O) groups is 2. The highest BCUT2D eigenvalue weighted by Gasteiger charge is 2.31. The summed E-state index contributed by atoms with van der Waals surface area (Å²) in [5.41, 5.74) is 8.77. The number of hydrogen-bond acceptors (Lipinski definition) is 3. The highest BCUT2D eigenvalue weighted by molar-refractivity contribution is 5.80. The molecule has 1 aromatic heterocycles. The van der Waals surface area contributed by atoms with Crippen molar-refractivity contribution in [3.05, 3.63) is 17.0 Å². The molecule has 2 heterocycles. The van der Waals surface area contributed by atoms with Crippen LogP contribution in [0.4, 0.5) is 0 Å². The third-order valence-corrected chi connectivity index (χ3v) is 5.26. The first-order valence-corrected chi connectivity index (χ1v) is 9.32. The average Bonchev–Trinajstić information content (AvgIpc) is 2.78. The maximum atomic E-state index is 12.7. The largest absolute Gasteiger partial charge is 0.369 e. The van der Waals surface area contributed by atoms with Gasteiger partial charge >= 0.3 is 0 Å². The van der Waals surface area contributed by atoms with Gasteiger partial charge < -0.3 is 10.6 Å². The molecule has 0 bridgehead atoms. The van der Waals surface area contributed by atoms with Crippen molar-refractivity contribution >= 4 is 11.8 Å². The number of amides is 2. The summed E-state index contributed by atoms with van der Waals surface area (Å²) in [7, 11) is 0. The first-order valence-electron chi connectivity index (χ1n) is 9.32. The summed E-state index contributed by atoms with van der Waals surface area (Å²) in [6.07, 6.45) is 2.76. The van der Waals surface area contributed by atoms with E-state index < -0.39 is 0 Å². The Morgan fingerprint density at radius 2 is 1.96 bits per heavy atom. The number of piperidine rings is 1. The van der Waals surface area contributed by atoms with Gasteiger partial charge in [-0.2, -0.15) is 5.10 Å². The van der Waals surface area contributed by atoms with Gasteiger partial charge in [0.25, 0.3) is 0 Å². The Morgan fingerprint density at radius 3 is 2.56 bits per heavy atom. The second-order valence-electron chi connectivity index (χ2n) is 7.80. The molecule has 6 heteroatoms. The molecule has 0 unspecified atom stereocenters. The maximum Gasteiger partial charge on any atom is 0.223 e. The van der Waals surface area contributed by atoms with Crippen molar-refractivity contribution in [3.8, 4) is 0 Å². The van der Waals surface area contributed by atoms with Crippen LogP contribution in [0.3, 0.4) is 0 Å². The second-order valence-corrected chi connectivity index (χ2v) is 7.80. The van der Waals surface area contributed by atoms with E-state index in [9.17, 15) is 9.59 Å². The number of likely N-dealkylation sites (tertiary alicyclic amines) is 1. The normalized spacial score (nSPS) is 21.0. The van der Waals surface area contributed by atoms with Crippen LogP contribution in [0.5, 0.6) is 0 Å². The topological polar surface area (TPSA) is 81.2 Å². The van der Waals surface area contributed by atoms with Crippen LogP contribution in [0.1, 0.15) is 57.0 Å². The number of nitrogens with zero attached hydrogens (tertiary/aromatic N) is 3. The maximum absolute atomic E-state index is 12.7. The lowest BCUT2D eigenvalue weighted by molar-refractivity contribution is -0.137. The molecule has 1 aromatic rings. The molecule has 0 aromatic carbocycles. The van der Waals surface area contributed by atoms with Gasteiger partial charge in [-0.1, -0.05) is 13.8 Å². The van der Waals surface area contributed by atoms with Gasteiger partial charge in [0.15, 0.2) is 0 Å². The highest BCUT2D eigenvalue weighted by Crippen LogP contribution is 2.23. The SMILES string of the molecule is Cc1nn(CC(C)C)c(C)c1CCC(=O)N1C[C@@H](C(N)=O)CC[C@H]1C. The summed E-state index contributed by atoms with van der Waals surface area (Å²) in [6.45, 7) is 11.8. The third-order valence-electron chi connectivity index (χ3n) is 5.26. The van der Waals surface area contributed by atoms with Gasteiger partial charge in [0.1, 0.15) is 0 Å². The Kier molecular flexibility index (Phi) is 6.25. The van der Waals surface area contributed by atoms with E-state index in [0.29, 0.717) is 25.3 Å². The first kappa shape index (κ1) is 19.5. The lowest BCUT2D eigenvalue weighted by Gasteiger charge is -2.37. The predicted octanol–water partition coefficient (Wildman–Crippen LogP) is 2.20. The Morgan fingerprint density at radius 1 is 1.28 bits per heavy atom. The Hall–Kier alpha value is -1.85. The molecule has 140 valence electrons. The summed E-state index contributed by atoms with van der Waals surface area (Å²) in [6, 6.07) is 0.175. The number of nitrogens with two attached hydrogens (primary N) is 1. The second kappa shape index (κ2) is 8.02. The summed E-state index contributed by atoms with van der Waals surface area (Å²) < 4.78 is 2.05. The summed E-state index contributed by atoms with van der Waals surface area (Å²) in [4.78, 5) is 26.0. The van der Waals surface area contributed by atoms with E-state index >= 15 is 0 Å². The molecule has 0 spiro atoms. The van der Waals surface area contributed by atoms with E-state index in [-0.39, 0.29) is 23.8 Å². The molecule has 25 heavy (non-hydrogen) atoms. The lowest BCUT2D eigenvalue weighted by Crippen LogP contribution is -2.48. The molecule has 2 rings (SSSR count). The van der Waals surface area contributed by atoms with E-state index in [1.54, 1.807) is 0 Å². The van der Waals surface area contributed by atoms with E-state index in [1.807, 2.05) is 23.4 Å². The zero-order valence-electron chi connectivity index (χ0n) is 16.2. The third kappa shape index (κ3) is 4.61. The molecule has 0 radical (unpaired) electrons. The molecular weight excluding hydrogens is 316 g/mol. The van der Waals surface area contributed by atoms with Crippen molar-refractivity contribution in [1.29, 1.82) is 0 Å². The minimum atomic E-state index is -0.300. The van der Waals surface area contributed by atoms with Crippen LogP contribution in [-0.4, -0.2) is 39.1 Å². The molecule has 0 saturated carbocycles. The van der Waals surface area contributed by atoms with Crippen LogP contribution in [0.15, 0.2) is 0 Å².